The summed E-state index contributed by atoms with van der Waals surface area (Å²) >= 11 is 1.14. The van der Waals surface area contributed by atoms with Crippen molar-refractivity contribution in [1.29, 1.82) is 0 Å². The van der Waals surface area contributed by atoms with Gasteiger partial charge in [0.25, 0.3) is 0 Å². The third-order valence-electron chi connectivity index (χ3n) is 3.43. The number of nitrogens with one attached hydrogen (secondary N) is 2. The van der Waals surface area contributed by atoms with Crippen molar-refractivity contribution < 1.29 is 24.6 Å². The molecule has 0 saturated heterocycles. The molecule has 0 aliphatic rings. The Bertz CT molecular complexity index is 466. The maximum atomic E-state index is 11.7. The first-order chi connectivity index (χ1) is 11.7. The highest BCUT2D eigenvalue weighted by molar-refractivity contribution is 8.14. The normalized spacial score (nSPS) is 12.8. The molecule has 0 heterocycles. The maximum Gasteiger partial charge on any atom is 0.249 e. The molecule has 0 aromatic carbocycles. The molecule has 7 nitrogen and oxygen atoms in total. The third kappa shape index (κ3) is 11.0. The smallest absolute Gasteiger partial charge is 0.249 e. The van der Waals surface area contributed by atoms with Crippen LogP contribution in [0.3, 0.4) is 0 Å². The highest BCUT2D eigenvalue weighted by atomic mass is 32.2. The minimum absolute atomic E-state index is 0.0320. The summed E-state index contributed by atoms with van der Waals surface area (Å²) in [7, 11) is 0. The molecule has 0 aliphatic carbocycles. The van der Waals surface area contributed by atoms with Gasteiger partial charge in [0.2, 0.25) is 16.9 Å². The van der Waals surface area contributed by atoms with E-state index in [2.05, 4.69) is 10.6 Å². The summed E-state index contributed by atoms with van der Waals surface area (Å²) in [6, 6.07) is 0. The lowest BCUT2D eigenvalue weighted by Gasteiger charge is -2.27. The fourth-order valence-electron chi connectivity index (χ4n) is 1.66. The van der Waals surface area contributed by atoms with E-state index >= 15 is 0 Å². The molecule has 144 valence electrons. The topological polar surface area (TPSA) is 116 Å². The minimum Gasteiger partial charge on any atom is -0.396 e. The molecule has 0 radical (unpaired) electrons. The Labute approximate surface area is 153 Å². The molecular weight excluding hydrogens is 344 g/mol. The molecule has 0 rings (SSSR count). The zero-order chi connectivity index (χ0) is 19.3. The lowest BCUT2D eigenvalue weighted by Crippen LogP contribution is -2.46. The van der Waals surface area contributed by atoms with Crippen LogP contribution in [0.15, 0.2) is 12.2 Å². The Hall–Kier alpha value is -1.38. The van der Waals surface area contributed by atoms with Gasteiger partial charge in [0.1, 0.15) is 6.10 Å². The zero-order valence-electron chi connectivity index (χ0n) is 15.2. The summed E-state index contributed by atoms with van der Waals surface area (Å²) in [5, 5.41) is 24.0. The van der Waals surface area contributed by atoms with E-state index in [4.69, 9.17) is 5.11 Å². The van der Waals surface area contributed by atoms with Crippen molar-refractivity contribution in [3.05, 3.63) is 12.2 Å². The summed E-state index contributed by atoms with van der Waals surface area (Å²) in [6.45, 7) is 5.31. The standard InChI is InChI=1S/C17H30N2O5S/c1-4-5-6-7-14(22)25-11-10-18-13(21)8-9-19-16(24)15(23)17(2,3)12-20/h6-7,15,20,23H,4-5,8-12H2,1-3H3,(H,18,21)(H,19,24)/b7-6-/t15-/m0/s1. The highest BCUT2D eigenvalue weighted by Crippen LogP contribution is 2.19. The molecule has 0 fully saturated rings. The number of thioether (sulfide) groups is 1. The molecule has 2 amide bonds. The number of unbranched alkanes of at least 4 members (excludes halogenated alkanes) is 1. The maximum absolute atomic E-state index is 11.7. The van der Waals surface area contributed by atoms with E-state index in [0.29, 0.717) is 12.3 Å². The van der Waals surface area contributed by atoms with Gasteiger partial charge in [-0.25, -0.2) is 0 Å². The largest absolute Gasteiger partial charge is 0.396 e. The van der Waals surface area contributed by atoms with Crippen molar-refractivity contribution in [3.8, 4) is 0 Å². The van der Waals surface area contributed by atoms with Gasteiger partial charge in [-0.15, -0.1) is 0 Å². The first kappa shape index (κ1) is 23.6. The summed E-state index contributed by atoms with van der Waals surface area (Å²) in [5.41, 5.74) is -0.943. The predicted molar refractivity (Wildman–Crippen MR) is 99.0 cm³/mol. The number of hydrogen-bond acceptors (Lipinski definition) is 6. The van der Waals surface area contributed by atoms with Crippen LogP contribution in [0.1, 0.15) is 40.0 Å². The van der Waals surface area contributed by atoms with Crippen LogP contribution >= 0.6 is 11.8 Å². The van der Waals surface area contributed by atoms with Gasteiger partial charge in [-0.1, -0.05) is 45.0 Å². The van der Waals surface area contributed by atoms with Gasteiger partial charge >= 0.3 is 0 Å². The van der Waals surface area contributed by atoms with E-state index in [0.717, 1.165) is 24.6 Å². The molecule has 0 unspecified atom stereocenters. The average Bonchev–Trinajstić information content (AvgIpc) is 2.58. The van der Waals surface area contributed by atoms with Crippen molar-refractivity contribution in [2.75, 3.05) is 25.4 Å². The number of carbonyl (C=O) groups is 3. The first-order valence-electron chi connectivity index (χ1n) is 8.41. The Morgan fingerprint density at radius 2 is 1.88 bits per heavy atom. The second kappa shape index (κ2) is 12.9. The van der Waals surface area contributed by atoms with Gasteiger partial charge in [-0.05, 0) is 12.5 Å². The number of carbonyl (C=O) groups excluding carboxylic acids is 3. The molecule has 0 spiro atoms. The third-order valence-corrected chi connectivity index (χ3v) is 4.25. The van der Waals surface area contributed by atoms with Gasteiger partial charge in [-0.3, -0.25) is 14.4 Å². The quantitative estimate of drug-likeness (QED) is 0.294. The van der Waals surface area contributed by atoms with Gasteiger partial charge < -0.3 is 20.8 Å². The lowest BCUT2D eigenvalue weighted by atomic mass is 9.87. The van der Waals surface area contributed by atoms with Crippen LogP contribution < -0.4 is 10.6 Å². The van der Waals surface area contributed by atoms with E-state index < -0.39 is 17.4 Å². The zero-order valence-corrected chi connectivity index (χ0v) is 16.0. The molecule has 4 N–H and O–H groups in total. The second-order valence-corrected chi connectivity index (χ2v) is 7.40. The molecule has 0 aliphatic heterocycles. The Balaban J connectivity index is 3.84. The van der Waals surface area contributed by atoms with Crippen LogP contribution in [0.2, 0.25) is 0 Å². The van der Waals surface area contributed by atoms with E-state index in [1.165, 1.54) is 0 Å². The van der Waals surface area contributed by atoms with E-state index in [9.17, 15) is 19.5 Å². The first-order valence-corrected chi connectivity index (χ1v) is 9.39. The van der Waals surface area contributed by atoms with E-state index in [-0.39, 0.29) is 30.6 Å². The van der Waals surface area contributed by atoms with Crippen molar-refractivity contribution in [3.63, 3.8) is 0 Å². The van der Waals surface area contributed by atoms with Crippen LogP contribution in [-0.4, -0.2) is 58.7 Å². The Kier molecular flexibility index (Phi) is 12.2. The molecule has 1 atom stereocenters. The van der Waals surface area contributed by atoms with Gasteiger partial charge in [0.15, 0.2) is 0 Å². The predicted octanol–water partition coefficient (Wildman–Crippen LogP) is 0.604. The SMILES string of the molecule is CCC/C=C\C(=O)SCCNC(=O)CCNC(=O)[C@H](O)C(C)(C)CO. The van der Waals surface area contributed by atoms with Crippen LogP contribution in [0, 0.1) is 5.41 Å². The average molecular weight is 375 g/mol. The van der Waals surface area contributed by atoms with Crippen molar-refractivity contribution in [1.82, 2.24) is 10.6 Å². The molecule has 0 aromatic heterocycles. The molecule has 0 saturated carbocycles. The van der Waals surface area contributed by atoms with Crippen LogP contribution in [0.5, 0.6) is 0 Å². The molecule has 0 bridgehead atoms. The highest BCUT2D eigenvalue weighted by Gasteiger charge is 2.32. The van der Waals surface area contributed by atoms with Crippen molar-refractivity contribution in [2.24, 2.45) is 5.41 Å². The van der Waals surface area contributed by atoms with Crippen LogP contribution in [0.25, 0.3) is 0 Å². The number of hydrogen-bond donors (Lipinski definition) is 4. The Morgan fingerprint density at radius 3 is 2.48 bits per heavy atom. The number of rotatable bonds is 12. The van der Waals surface area contributed by atoms with Gasteiger partial charge in [0, 0.05) is 30.7 Å². The number of aliphatic hydroxyl groups excluding tert-OH is 2. The second-order valence-electron chi connectivity index (χ2n) is 6.30. The monoisotopic (exact) mass is 374 g/mol. The van der Waals surface area contributed by atoms with E-state index in [1.807, 2.05) is 13.0 Å². The molecule has 25 heavy (non-hydrogen) atoms. The van der Waals surface area contributed by atoms with E-state index in [1.54, 1.807) is 19.9 Å². The molecular formula is C17H30N2O5S. The Morgan fingerprint density at radius 1 is 1.20 bits per heavy atom. The number of aliphatic hydroxyl groups is 2. The molecule has 8 heteroatoms. The summed E-state index contributed by atoms with van der Waals surface area (Å²) in [6.07, 6.45) is 3.98. The summed E-state index contributed by atoms with van der Waals surface area (Å²) in [4.78, 5) is 34.8. The fourth-order valence-corrected chi connectivity index (χ4v) is 2.26. The van der Waals surface area contributed by atoms with Crippen molar-refractivity contribution in [2.45, 2.75) is 46.1 Å². The summed E-state index contributed by atoms with van der Waals surface area (Å²) in [5.74, 6) is -0.380. The lowest BCUT2D eigenvalue weighted by molar-refractivity contribution is -0.137. The van der Waals surface area contributed by atoms with Crippen LogP contribution in [0.4, 0.5) is 0 Å². The number of allylic oxidation sites excluding steroid dienone is 1. The van der Waals surface area contributed by atoms with Gasteiger partial charge in [0.05, 0.1) is 6.61 Å². The number of amides is 2. The van der Waals surface area contributed by atoms with Crippen LogP contribution in [-0.2, 0) is 14.4 Å². The fraction of sp³-hybridized carbons (Fsp3) is 0.706. The summed E-state index contributed by atoms with van der Waals surface area (Å²) < 4.78 is 0. The van der Waals surface area contributed by atoms with Gasteiger partial charge in [-0.2, -0.15) is 0 Å². The van der Waals surface area contributed by atoms with Crippen molar-refractivity contribution >= 4 is 28.7 Å². The molecule has 0 aromatic rings. The minimum atomic E-state index is -1.34.